The van der Waals surface area contributed by atoms with Gasteiger partial charge in [-0.1, -0.05) is 12.1 Å². The van der Waals surface area contributed by atoms with Crippen molar-refractivity contribution in [1.82, 2.24) is 21.5 Å². The first-order valence-corrected chi connectivity index (χ1v) is 10.4. The summed E-state index contributed by atoms with van der Waals surface area (Å²) in [5.74, 6) is -0.818. The van der Waals surface area contributed by atoms with E-state index in [4.69, 9.17) is 0 Å². The number of hydrogen-bond donors (Lipinski definition) is 4. The van der Waals surface area contributed by atoms with Crippen LogP contribution >= 0.6 is 0 Å². The summed E-state index contributed by atoms with van der Waals surface area (Å²) in [5, 5.41) is 5.49. The van der Waals surface area contributed by atoms with Crippen molar-refractivity contribution in [2.24, 2.45) is 0 Å². The molecular formula is C23H31N5O3. The number of carbonyl (C=O) groups excluding carboxylic acids is 3. The van der Waals surface area contributed by atoms with Gasteiger partial charge in [-0.05, 0) is 69.7 Å². The number of hydrogen-bond acceptors (Lipinski definition) is 4. The highest BCUT2D eigenvalue weighted by Gasteiger charge is 2.10. The molecule has 31 heavy (non-hydrogen) atoms. The first kappa shape index (κ1) is 23.7. The molecule has 2 aromatic carbocycles. The molecule has 0 spiro atoms. The summed E-state index contributed by atoms with van der Waals surface area (Å²) in [4.78, 5) is 38.4. The van der Waals surface area contributed by atoms with Gasteiger partial charge in [-0.25, -0.2) is 4.79 Å². The Balaban J connectivity index is 1.85. The maximum atomic E-state index is 12.3. The van der Waals surface area contributed by atoms with E-state index in [0.717, 1.165) is 24.3 Å². The maximum Gasteiger partial charge on any atom is 0.315 e. The smallest absolute Gasteiger partial charge is 0.315 e. The van der Waals surface area contributed by atoms with Crippen molar-refractivity contribution < 1.29 is 14.4 Å². The number of hydrazine groups is 1. The van der Waals surface area contributed by atoms with Gasteiger partial charge in [-0.2, -0.15) is 0 Å². The normalized spacial score (nSPS) is 10.4. The molecule has 2 aromatic rings. The fourth-order valence-electron chi connectivity index (χ4n) is 2.94. The molecule has 0 aliphatic carbocycles. The molecule has 0 atom stereocenters. The lowest BCUT2D eigenvalue weighted by Gasteiger charge is -2.21. The van der Waals surface area contributed by atoms with Gasteiger partial charge in [0, 0.05) is 42.5 Å². The van der Waals surface area contributed by atoms with E-state index in [-0.39, 0.29) is 12.1 Å². The SMILES string of the molecule is CCN(CC)c1ccc(C(=O)NNC(=O)c2ccc(CNC(=O)NC(C)C)cc2)cc1. The summed E-state index contributed by atoms with van der Waals surface area (Å²) in [7, 11) is 0. The molecule has 0 radical (unpaired) electrons. The van der Waals surface area contributed by atoms with Crippen LogP contribution in [0.15, 0.2) is 48.5 Å². The molecule has 4 amide bonds. The fraction of sp³-hybridized carbons (Fsp3) is 0.348. The quantitative estimate of drug-likeness (QED) is 0.489. The minimum absolute atomic E-state index is 0.0570. The molecule has 0 saturated heterocycles. The number of nitrogens with one attached hydrogen (secondary N) is 4. The van der Waals surface area contributed by atoms with Crippen LogP contribution in [0.3, 0.4) is 0 Å². The first-order chi connectivity index (χ1) is 14.8. The largest absolute Gasteiger partial charge is 0.372 e. The van der Waals surface area contributed by atoms with Gasteiger partial charge in [-0.15, -0.1) is 0 Å². The summed E-state index contributed by atoms with van der Waals surface area (Å²) >= 11 is 0. The molecule has 0 aliphatic heterocycles. The van der Waals surface area contributed by atoms with Gasteiger partial charge < -0.3 is 15.5 Å². The first-order valence-electron chi connectivity index (χ1n) is 10.4. The molecule has 0 bridgehead atoms. The number of nitrogens with zero attached hydrogens (tertiary/aromatic N) is 1. The van der Waals surface area contributed by atoms with Crippen molar-refractivity contribution in [3.05, 3.63) is 65.2 Å². The second-order valence-corrected chi connectivity index (χ2v) is 7.31. The van der Waals surface area contributed by atoms with E-state index >= 15 is 0 Å². The monoisotopic (exact) mass is 425 g/mol. The highest BCUT2D eigenvalue weighted by molar-refractivity contribution is 5.99. The minimum atomic E-state index is -0.426. The predicted molar refractivity (Wildman–Crippen MR) is 122 cm³/mol. The molecule has 8 nitrogen and oxygen atoms in total. The van der Waals surface area contributed by atoms with E-state index in [1.807, 2.05) is 26.0 Å². The minimum Gasteiger partial charge on any atom is -0.372 e. The molecule has 166 valence electrons. The Morgan fingerprint density at radius 1 is 0.806 bits per heavy atom. The Morgan fingerprint density at radius 2 is 1.29 bits per heavy atom. The maximum absolute atomic E-state index is 12.3. The van der Waals surface area contributed by atoms with E-state index in [1.54, 1.807) is 36.4 Å². The number of carbonyl (C=O) groups is 3. The lowest BCUT2D eigenvalue weighted by Crippen LogP contribution is -2.41. The molecule has 8 heteroatoms. The van der Waals surface area contributed by atoms with E-state index in [1.165, 1.54) is 0 Å². The van der Waals surface area contributed by atoms with Gasteiger partial charge >= 0.3 is 6.03 Å². The van der Waals surface area contributed by atoms with Crippen molar-refractivity contribution in [1.29, 1.82) is 0 Å². The zero-order valence-corrected chi connectivity index (χ0v) is 18.5. The summed E-state index contributed by atoms with van der Waals surface area (Å²) in [6, 6.07) is 13.8. The molecular weight excluding hydrogens is 394 g/mol. The second-order valence-electron chi connectivity index (χ2n) is 7.31. The number of amides is 4. The summed E-state index contributed by atoms with van der Waals surface area (Å²) in [6.07, 6.45) is 0. The van der Waals surface area contributed by atoms with Crippen molar-refractivity contribution in [3.63, 3.8) is 0 Å². The zero-order chi connectivity index (χ0) is 22.8. The van der Waals surface area contributed by atoms with Gasteiger partial charge in [0.1, 0.15) is 0 Å². The Kier molecular flexibility index (Phi) is 8.87. The third-order valence-electron chi connectivity index (χ3n) is 4.64. The third-order valence-corrected chi connectivity index (χ3v) is 4.64. The summed E-state index contributed by atoms with van der Waals surface area (Å²) in [6.45, 7) is 10.0. The van der Waals surface area contributed by atoms with Crippen LogP contribution in [0, 0.1) is 0 Å². The molecule has 2 rings (SSSR count). The molecule has 0 saturated carbocycles. The Hall–Kier alpha value is -3.55. The molecule has 0 aliphatic rings. The van der Waals surface area contributed by atoms with Crippen LogP contribution in [0.5, 0.6) is 0 Å². The lowest BCUT2D eigenvalue weighted by molar-refractivity contribution is 0.0846. The fourth-order valence-corrected chi connectivity index (χ4v) is 2.94. The zero-order valence-electron chi connectivity index (χ0n) is 18.5. The number of benzene rings is 2. The van der Waals surface area contributed by atoms with Gasteiger partial charge in [-0.3, -0.25) is 20.4 Å². The van der Waals surface area contributed by atoms with E-state index in [2.05, 4.69) is 40.2 Å². The van der Waals surface area contributed by atoms with Gasteiger partial charge in [0.05, 0.1) is 0 Å². The van der Waals surface area contributed by atoms with Crippen LogP contribution < -0.4 is 26.4 Å². The highest BCUT2D eigenvalue weighted by Crippen LogP contribution is 2.14. The van der Waals surface area contributed by atoms with Crippen molar-refractivity contribution in [2.75, 3.05) is 18.0 Å². The molecule has 4 N–H and O–H groups in total. The van der Waals surface area contributed by atoms with Crippen molar-refractivity contribution in [3.8, 4) is 0 Å². The van der Waals surface area contributed by atoms with E-state index in [9.17, 15) is 14.4 Å². The Labute approximate surface area is 183 Å². The summed E-state index contributed by atoms with van der Waals surface area (Å²) < 4.78 is 0. The van der Waals surface area contributed by atoms with Gasteiger partial charge in [0.15, 0.2) is 0 Å². The number of anilines is 1. The number of urea groups is 1. The molecule has 0 heterocycles. The highest BCUT2D eigenvalue weighted by atomic mass is 16.2. The van der Waals surface area contributed by atoms with Crippen molar-refractivity contribution in [2.45, 2.75) is 40.3 Å². The molecule has 0 unspecified atom stereocenters. The average Bonchev–Trinajstić information content (AvgIpc) is 2.77. The Morgan fingerprint density at radius 3 is 1.74 bits per heavy atom. The van der Waals surface area contributed by atoms with E-state index < -0.39 is 11.8 Å². The summed E-state index contributed by atoms with van der Waals surface area (Å²) in [5.41, 5.74) is 7.60. The van der Waals surface area contributed by atoms with Crippen LogP contribution in [0.1, 0.15) is 54.0 Å². The van der Waals surface area contributed by atoms with Crippen LogP contribution in [0.4, 0.5) is 10.5 Å². The molecule has 0 fully saturated rings. The van der Waals surface area contributed by atoms with Crippen LogP contribution in [0.25, 0.3) is 0 Å². The standard InChI is InChI=1S/C23H31N5O3/c1-5-28(6-2)20-13-11-19(12-14-20)22(30)27-26-21(29)18-9-7-17(8-10-18)15-24-23(31)25-16(3)4/h7-14,16H,5-6,15H2,1-4H3,(H,26,29)(H,27,30)(H2,24,25,31). The predicted octanol–water partition coefficient (Wildman–Crippen LogP) is 2.82. The lowest BCUT2D eigenvalue weighted by atomic mass is 10.1. The van der Waals surface area contributed by atoms with Gasteiger partial charge in [0.25, 0.3) is 11.8 Å². The van der Waals surface area contributed by atoms with Crippen LogP contribution in [0.2, 0.25) is 0 Å². The second kappa shape index (κ2) is 11.6. The third kappa shape index (κ3) is 7.33. The topological polar surface area (TPSA) is 103 Å². The van der Waals surface area contributed by atoms with Gasteiger partial charge in [0.2, 0.25) is 0 Å². The Bertz CT molecular complexity index is 875. The van der Waals surface area contributed by atoms with E-state index in [0.29, 0.717) is 17.7 Å². The van der Waals surface area contributed by atoms with Crippen LogP contribution in [-0.4, -0.2) is 37.0 Å². The molecule has 0 aromatic heterocycles. The van der Waals surface area contributed by atoms with Crippen LogP contribution in [-0.2, 0) is 6.54 Å². The van der Waals surface area contributed by atoms with Crippen molar-refractivity contribution >= 4 is 23.5 Å². The number of rotatable bonds is 8. The average molecular weight is 426 g/mol.